The monoisotopic (exact) mass is 440 g/mol. The van der Waals surface area contributed by atoms with Crippen molar-refractivity contribution in [2.75, 3.05) is 33.3 Å². The van der Waals surface area contributed by atoms with Crippen LogP contribution in [0.3, 0.4) is 0 Å². The summed E-state index contributed by atoms with van der Waals surface area (Å²) in [6, 6.07) is 25.0. The highest BCUT2D eigenvalue weighted by Gasteiger charge is 2.38. The number of carbonyl (C=O) groups is 1. The zero-order valence-electron chi connectivity index (χ0n) is 19.5. The summed E-state index contributed by atoms with van der Waals surface area (Å²) in [6.07, 6.45) is 1.09. The molecule has 0 spiro atoms. The highest BCUT2D eigenvalue weighted by Crippen LogP contribution is 2.39. The van der Waals surface area contributed by atoms with Gasteiger partial charge in [-0.2, -0.15) is 0 Å². The lowest BCUT2D eigenvalue weighted by Gasteiger charge is -2.32. The maximum absolute atomic E-state index is 13.4. The number of rotatable bonds is 5. The molecule has 33 heavy (non-hydrogen) atoms. The van der Waals surface area contributed by atoms with Crippen molar-refractivity contribution in [2.24, 2.45) is 5.92 Å². The van der Waals surface area contributed by atoms with Crippen LogP contribution < -0.4 is 4.74 Å². The van der Waals surface area contributed by atoms with Crippen LogP contribution in [0.25, 0.3) is 0 Å². The number of carbonyl (C=O) groups excluding carboxylic acids is 1. The fourth-order valence-electron chi connectivity index (χ4n) is 5.47. The molecule has 2 unspecified atom stereocenters. The van der Waals surface area contributed by atoms with Gasteiger partial charge in [-0.3, -0.25) is 9.69 Å². The zero-order chi connectivity index (χ0) is 22.8. The minimum absolute atomic E-state index is 0.126. The van der Waals surface area contributed by atoms with Gasteiger partial charge in [0.15, 0.2) is 0 Å². The van der Waals surface area contributed by atoms with Crippen molar-refractivity contribution in [3.63, 3.8) is 0 Å². The molecule has 3 aromatic carbocycles. The number of aryl methyl sites for hydroxylation is 1. The minimum Gasteiger partial charge on any atom is -0.496 e. The summed E-state index contributed by atoms with van der Waals surface area (Å²) in [5.41, 5.74) is 6.05. The molecule has 4 nitrogen and oxygen atoms in total. The molecule has 1 saturated heterocycles. The summed E-state index contributed by atoms with van der Waals surface area (Å²) < 4.78 is 5.72. The van der Waals surface area contributed by atoms with Crippen molar-refractivity contribution < 1.29 is 9.53 Å². The molecule has 5 rings (SSSR count). The van der Waals surface area contributed by atoms with E-state index < -0.39 is 0 Å². The lowest BCUT2D eigenvalue weighted by molar-refractivity contribution is 0.0782. The molecule has 0 bridgehead atoms. The van der Waals surface area contributed by atoms with E-state index in [1.54, 1.807) is 7.11 Å². The lowest BCUT2D eigenvalue weighted by atomic mass is 9.87. The van der Waals surface area contributed by atoms with E-state index in [4.69, 9.17) is 4.74 Å². The molecule has 2 atom stereocenters. The average Bonchev–Trinajstić information content (AvgIpc) is 3.27. The molecule has 0 aliphatic carbocycles. The Kier molecular flexibility index (Phi) is 6.19. The summed E-state index contributed by atoms with van der Waals surface area (Å²) in [6.45, 7) is 6.58. The SMILES string of the molecule is COc1ccccc1C1CN(C(=O)c2ccc(C)cc2)CC1CN1CCc2ccccc2C1. The number of para-hydroxylation sites is 1. The number of fused-ring (bicyclic) bond motifs is 1. The molecule has 0 radical (unpaired) electrons. The Morgan fingerprint density at radius 2 is 1.67 bits per heavy atom. The molecule has 4 heteroatoms. The van der Waals surface area contributed by atoms with Gasteiger partial charge < -0.3 is 9.64 Å². The molecule has 3 aromatic rings. The fraction of sp³-hybridized carbons (Fsp3) is 0.345. The molecule has 0 aromatic heterocycles. The molecule has 2 heterocycles. The first-order chi connectivity index (χ1) is 16.1. The van der Waals surface area contributed by atoms with Crippen molar-refractivity contribution >= 4 is 5.91 Å². The molecule has 0 saturated carbocycles. The van der Waals surface area contributed by atoms with Crippen molar-refractivity contribution in [3.05, 3.63) is 101 Å². The Labute approximate surface area is 196 Å². The highest BCUT2D eigenvalue weighted by molar-refractivity contribution is 5.94. The number of benzene rings is 3. The lowest BCUT2D eigenvalue weighted by Crippen LogP contribution is -2.37. The molecule has 2 aliphatic rings. The van der Waals surface area contributed by atoms with Crippen molar-refractivity contribution in [2.45, 2.75) is 25.8 Å². The quantitative estimate of drug-likeness (QED) is 0.565. The number of amides is 1. The Balaban J connectivity index is 1.39. The van der Waals surface area contributed by atoms with E-state index in [0.717, 1.165) is 50.5 Å². The first-order valence-corrected chi connectivity index (χ1v) is 11.9. The van der Waals surface area contributed by atoms with Crippen LogP contribution in [-0.2, 0) is 13.0 Å². The van der Waals surface area contributed by atoms with Gasteiger partial charge in [0.2, 0.25) is 0 Å². The van der Waals surface area contributed by atoms with Crippen molar-refractivity contribution in [1.29, 1.82) is 0 Å². The normalized spacial score (nSPS) is 20.5. The Morgan fingerprint density at radius 3 is 2.45 bits per heavy atom. The third kappa shape index (κ3) is 4.53. The summed E-state index contributed by atoms with van der Waals surface area (Å²) >= 11 is 0. The fourth-order valence-corrected chi connectivity index (χ4v) is 5.47. The van der Waals surface area contributed by atoms with Gasteiger partial charge >= 0.3 is 0 Å². The number of methoxy groups -OCH3 is 1. The Morgan fingerprint density at radius 1 is 0.939 bits per heavy atom. The third-order valence-corrected chi connectivity index (χ3v) is 7.27. The van der Waals surface area contributed by atoms with Crippen LogP contribution in [0.15, 0.2) is 72.8 Å². The first-order valence-electron chi connectivity index (χ1n) is 11.9. The average molecular weight is 441 g/mol. The van der Waals surface area contributed by atoms with Gasteiger partial charge in [0.25, 0.3) is 5.91 Å². The largest absolute Gasteiger partial charge is 0.496 e. The van der Waals surface area contributed by atoms with Crippen LogP contribution >= 0.6 is 0 Å². The highest BCUT2D eigenvalue weighted by atomic mass is 16.5. The number of nitrogens with zero attached hydrogens (tertiary/aromatic N) is 2. The van der Waals surface area contributed by atoms with Gasteiger partial charge in [-0.25, -0.2) is 0 Å². The molecular formula is C29H32N2O2. The summed E-state index contributed by atoms with van der Waals surface area (Å²) in [5, 5.41) is 0. The Hall–Kier alpha value is -3.11. The van der Waals surface area contributed by atoms with Crippen LogP contribution in [-0.4, -0.2) is 49.0 Å². The topological polar surface area (TPSA) is 32.8 Å². The van der Waals surface area contributed by atoms with Crippen molar-refractivity contribution in [1.82, 2.24) is 9.80 Å². The van der Waals surface area contributed by atoms with E-state index >= 15 is 0 Å². The molecule has 0 N–H and O–H groups in total. The molecule has 1 fully saturated rings. The van der Waals surface area contributed by atoms with Crippen molar-refractivity contribution in [3.8, 4) is 5.75 Å². The second-order valence-corrected chi connectivity index (χ2v) is 9.44. The summed E-state index contributed by atoms with van der Waals surface area (Å²) in [7, 11) is 1.74. The number of likely N-dealkylation sites (tertiary alicyclic amines) is 1. The minimum atomic E-state index is 0.126. The van der Waals surface area contributed by atoms with Gasteiger partial charge in [0.1, 0.15) is 5.75 Å². The molecular weight excluding hydrogens is 408 g/mol. The van der Waals surface area contributed by atoms with Gasteiger partial charge in [-0.05, 0) is 54.2 Å². The van der Waals surface area contributed by atoms with E-state index in [2.05, 4.69) is 48.2 Å². The van der Waals surface area contributed by atoms with E-state index in [-0.39, 0.29) is 11.8 Å². The maximum atomic E-state index is 13.4. The predicted molar refractivity (Wildman–Crippen MR) is 132 cm³/mol. The smallest absolute Gasteiger partial charge is 0.253 e. The van der Waals surface area contributed by atoms with Crippen LogP contribution in [0.1, 0.15) is 38.5 Å². The van der Waals surface area contributed by atoms with Gasteiger partial charge in [0.05, 0.1) is 7.11 Å². The molecule has 170 valence electrons. The number of hydrogen-bond donors (Lipinski definition) is 0. The van der Waals surface area contributed by atoms with Crippen LogP contribution in [0, 0.1) is 12.8 Å². The van der Waals surface area contributed by atoms with E-state index in [1.165, 1.54) is 22.3 Å². The predicted octanol–water partition coefficient (Wildman–Crippen LogP) is 4.92. The Bertz CT molecular complexity index is 1120. The standard InChI is InChI=1S/C29H32N2O2/c1-21-11-13-23(14-12-21)29(32)31-19-25(27(20-31)26-9-5-6-10-28(26)33-2)18-30-16-15-22-7-3-4-8-24(22)17-30/h3-14,25,27H,15-20H2,1-2H3. The second-order valence-electron chi connectivity index (χ2n) is 9.44. The van der Waals surface area contributed by atoms with Crippen LogP contribution in [0.4, 0.5) is 0 Å². The maximum Gasteiger partial charge on any atom is 0.253 e. The van der Waals surface area contributed by atoms with Crippen LogP contribution in [0.2, 0.25) is 0 Å². The number of hydrogen-bond acceptors (Lipinski definition) is 3. The third-order valence-electron chi connectivity index (χ3n) is 7.27. The molecule has 1 amide bonds. The summed E-state index contributed by atoms with van der Waals surface area (Å²) in [5.74, 6) is 1.66. The first kappa shape index (κ1) is 21.7. The molecule has 2 aliphatic heterocycles. The zero-order valence-corrected chi connectivity index (χ0v) is 19.5. The van der Waals surface area contributed by atoms with E-state index in [1.807, 2.05) is 41.3 Å². The van der Waals surface area contributed by atoms with E-state index in [0.29, 0.717) is 5.92 Å². The summed E-state index contributed by atoms with van der Waals surface area (Å²) in [4.78, 5) is 18.0. The van der Waals surface area contributed by atoms with Gasteiger partial charge in [-0.15, -0.1) is 0 Å². The van der Waals surface area contributed by atoms with Crippen LogP contribution in [0.5, 0.6) is 5.75 Å². The second kappa shape index (κ2) is 9.40. The number of ether oxygens (including phenoxy) is 1. The van der Waals surface area contributed by atoms with Gasteiger partial charge in [-0.1, -0.05) is 60.2 Å². The van der Waals surface area contributed by atoms with Gasteiger partial charge in [0, 0.05) is 44.2 Å². The van der Waals surface area contributed by atoms with E-state index in [9.17, 15) is 4.79 Å².